The summed E-state index contributed by atoms with van der Waals surface area (Å²) >= 11 is 0. The molecule has 1 N–H and O–H groups in total. The molecule has 0 amide bonds. The predicted molar refractivity (Wildman–Crippen MR) is 121 cm³/mol. The number of carboxylic acids is 1. The zero-order valence-electron chi connectivity index (χ0n) is 17.1. The number of hydrogen-bond acceptors (Lipinski definition) is 3. The second-order valence-electron chi connectivity index (χ2n) is 8.18. The Hall–Kier alpha value is -3.31. The normalized spacial score (nSPS) is 14.7. The first-order valence-electron chi connectivity index (χ1n) is 10.6. The molecule has 0 spiro atoms. The molecule has 1 fully saturated rings. The summed E-state index contributed by atoms with van der Waals surface area (Å²) in [6.45, 7) is 1.67. The third kappa shape index (κ3) is 3.77. The number of benzene rings is 3. The molecule has 1 aromatic heterocycles. The molecule has 3 aromatic carbocycles. The number of fused-ring (bicyclic) bond motifs is 2. The van der Waals surface area contributed by atoms with Gasteiger partial charge in [0, 0.05) is 43.2 Å². The van der Waals surface area contributed by atoms with Gasteiger partial charge in [0.1, 0.15) is 6.17 Å². The quantitative estimate of drug-likeness (QED) is 0.470. The highest BCUT2D eigenvalue weighted by Gasteiger charge is 2.26. The molecule has 1 aliphatic heterocycles. The molecular weight excluding hydrogens is 391 g/mol. The number of nitrogens with zero attached hydrogens (tertiary/aromatic N) is 2. The zero-order valence-corrected chi connectivity index (χ0v) is 17.1. The summed E-state index contributed by atoms with van der Waals surface area (Å²) in [5.74, 6) is -0.794. The molecule has 0 bridgehead atoms. The first-order valence-corrected chi connectivity index (χ1v) is 10.6. The second-order valence-corrected chi connectivity index (χ2v) is 8.18. The van der Waals surface area contributed by atoms with Crippen LogP contribution in [0.15, 0.2) is 66.9 Å². The fraction of sp³-hybridized carbons (Fsp3) is 0.231. The maximum Gasteiger partial charge on any atom is 0.303 e. The van der Waals surface area contributed by atoms with E-state index in [-0.39, 0.29) is 6.42 Å². The third-order valence-electron chi connectivity index (χ3n) is 6.06. The number of likely N-dealkylation sites (tertiary alicyclic amines) is 1. The van der Waals surface area contributed by atoms with E-state index in [4.69, 9.17) is 10.1 Å². The van der Waals surface area contributed by atoms with Gasteiger partial charge in [-0.1, -0.05) is 60.7 Å². The number of hydrogen-bond donors (Lipinski definition) is 1. The van der Waals surface area contributed by atoms with Crippen molar-refractivity contribution in [3.63, 3.8) is 0 Å². The molecule has 0 saturated carbocycles. The Bertz CT molecular complexity index is 1280. The summed E-state index contributed by atoms with van der Waals surface area (Å²) in [7, 11) is 0. The first-order chi connectivity index (χ1) is 15.1. The highest BCUT2D eigenvalue weighted by atomic mass is 19.1. The minimum atomic E-state index is -0.794. The van der Waals surface area contributed by atoms with Crippen LogP contribution in [0.1, 0.15) is 17.5 Å². The Morgan fingerprint density at radius 1 is 0.935 bits per heavy atom. The van der Waals surface area contributed by atoms with Gasteiger partial charge in [0.05, 0.1) is 5.69 Å². The summed E-state index contributed by atoms with van der Waals surface area (Å²) in [5.41, 5.74) is 4.08. The molecule has 1 saturated heterocycles. The van der Waals surface area contributed by atoms with Gasteiger partial charge < -0.3 is 5.11 Å². The van der Waals surface area contributed by atoms with Crippen molar-refractivity contribution < 1.29 is 14.3 Å². The highest BCUT2D eigenvalue weighted by Crippen LogP contribution is 2.35. The van der Waals surface area contributed by atoms with Gasteiger partial charge in [0.15, 0.2) is 0 Å². The van der Waals surface area contributed by atoms with Gasteiger partial charge in [-0.3, -0.25) is 14.7 Å². The van der Waals surface area contributed by atoms with Crippen LogP contribution >= 0.6 is 0 Å². The second kappa shape index (κ2) is 8.08. The Morgan fingerprint density at radius 2 is 1.61 bits per heavy atom. The van der Waals surface area contributed by atoms with Gasteiger partial charge in [-0.05, 0) is 33.7 Å². The summed E-state index contributed by atoms with van der Waals surface area (Å²) in [6, 6.07) is 20.4. The summed E-state index contributed by atoms with van der Waals surface area (Å²) in [4.78, 5) is 18.0. The monoisotopic (exact) mass is 414 g/mol. The smallest absolute Gasteiger partial charge is 0.303 e. The van der Waals surface area contributed by atoms with Gasteiger partial charge in [0.2, 0.25) is 0 Å². The molecule has 0 radical (unpaired) electrons. The van der Waals surface area contributed by atoms with Crippen LogP contribution in [-0.4, -0.2) is 40.2 Å². The molecule has 5 rings (SSSR count). The summed E-state index contributed by atoms with van der Waals surface area (Å²) < 4.78 is 13.3. The molecule has 5 heteroatoms. The van der Waals surface area contributed by atoms with E-state index in [1.807, 2.05) is 42.6 Å². The van der Waals surface area contributed by atoms with Crippen molar-refractivity contribution in [2.75, 3.05) is 13.1 Å². The van der Waals surface area contributed by atoms with E-state index in [0.717, 1.165) is 43.9 Å². The molecule has 2 heterocycles. The minimum Gasteiger partial charge on any atom is -0.481 e. The molecule has 31 heavy (non-hydrogen) atoms. The number of alkyl halides is 1. The molecule has 0 atom stereocenters. The topological polar surface area (TPSA) is 53.4 Å². The summed E-state index contributed by atoms with van der Waals surface area (Å²) in [5, 5.41) is 13.4. The summed E-state index contributed by atoms with van der Waals surface area (Å²) in [6.07, 6.45) is 1.80. The van der Waals surface area contributed by atoms with Gasteiger partial charge in [-0.2, -0.15) is 0 Å². The van der Waals surface area contributed by atoms with E-state index >= 15 is 0 Å². The van der Waals surface area contributed by atoms with Crippen LogP contribution in [-0.2, 0) is 17.8 Å². The van der Waals surface area contributed by atoms with Crippen molar-refractivity contribution in [2.45, 2.75) is 25.6 Å². The number of halogens is 1. The lowest BCUT2D eigenvalue weighted by molar-refractivity contribution is -0.136. The van der Waals surface area contributed by atoms with Crippen molar-refractivity contribution in [3.8, 4) is 11.3 Å². The average Bonchev–Trinajstić information content (AvgIpc) is 2.76. The van der Waals surface area contributed by atoms with Crippen LogP contribution in [0, 0.1) is 0 Å². The van der Waals surface area contributed by atoms with E-state index in [0.29, 0.717) is 26.1 Å². The number of pyridine rings is 1. The fourth-order valence-corrected chi connectivity index (χ4v) is 4.51. The number of aliphatic carboxylic acids is 1. The van der Waals surface area contributed by atoms with E-state index in [1.54, 1.807) is 0 Å². The average molecular weight is 414 g/mol. The largest absolute Gasteiger partial charge is 0.481 e. The number of aromatic nitrogens is 1. The van der Waals surface area contributed by atoms with Crippen molar-refractivity contribution in [1.29, 1.82) is 0 Å². The first kappa shape index (κ1) is 19.6. The Balaban J connectivity index is 1.61. The lowest BCUT2D eigenvalue weighted by Crippen LogP contribution is -2.47. The zero-order chi connectivity index (χ0) is 21.4. The van der Waals surface area contributed by atoms with E-state index in [2.05, 4.69) is 29.2 Å². The van der Waals surface area contributed by atoms with Crippen LogP contribution in [0.3, 0.4) is 0 Å². The van der Waals surface area contributed by atoms with Crippen LogP contribution in [0.4, 0.5) is 4.39 Å². The maximum absolute atomic E-state index is 13.3. The Morgan fingerprint density at radius 3 is 2.39 bits per heavy atom. The van der Waals surface area contributed by atoms with Gasteiger partial charge in [-0.25, -0.2) is 4.39 Å². The van der Waals surface area contributed by atoms with Gasteiger partial charge >= 0.3 is 5.97 Å². The molecular formula is C26H23FN2O2. The van der Waals surface area contributed by atoms with E-state index in [9.17, 15) is 9.18 Å². The van der Waals surface area contributed by atoms with Crippen LogP contribution in [0.25, 0.3) is 32.8 Å². The minimum absolute atomic E-state index is 0.107. The predicted octanol–water partition coefficient (Wildman–Crippen LogP) is 5.23. The number of carboxylic acid groups (broad SMARTS) is 1. The third-order valence-corrected chi connectivity index (χ3v) is 6.06. The van der Waals surface area contributed by atoms with E-state index in [1.165, 1.54) is 0 Å². The molecule has 4 nitrogen and oxygen atoms in total. The van der Waals surface area contributed by atoms with Crippen molar-refractivity contribution in [2.24, 2.45) is 0 Å². The van der Waals surface area contributed by atoms with Crippen molar-refractivity contribution in [1.82, 2.24) is 9.88 Å². The molecule has 4 aromatic rings. The highest BCUT2D eigenvalue weighted by molar-refractivity contribution is 6.05. The Labute approximate surface area is 180 Å². The van der Waals surface area contributed by atoms with Crippen molar-refractivity contribution >= 4 is 27.5 Å². The Kier molecular flexibility index (Phi) is 5.12. The van der Waals surface area contributed by atoms with E-state index < -0.39 is 12.1 Å². The lowest BCUT2D eigenvalue weighted by atomic mass is 9.93. The molecule has 0 aliphatic carbocycles. The lowest BCUT2D eigenvalue weighted by Gasteiger charge is -2.34. The fourth-order valence-electron chi connectivity index (χ4n) is 4.51. The number of aryl methyl sites for hydroxylation is 1. The standard InChI is InChI=1S/C26H23FN2O2/c27-19-15-29(16-19)14-18-13-28-26(23-7-2-1-6-21(18)23)24-10-4-8-20-17(11-12-25(30)31)5-3-9-22(20)24/h1-10,13,19H,11-12,14-16H2,(H,30,31). The SMILES string of the molecule is O=C(O)CCc1cccc2c(-c3ncc(CN4CC(F)C4)c4ccccc34)cccc12. The number of carbonyl (C=O) groups is 1. The molecule has 0 unspecified atom stereocenters. The van der Waals surface area contributed by atoms with Crippen LogP contribution in [0.5, 0.6) is 0 Å². The van der Waals surface area contributed by atoms with Gasteiger partial charge in [-0.15, -0.1) is 0 Å². The maximum atomic E-state index is 13.3. The van der Waals surface area contributed by atoms with Crippen molar-refractivity contribution in [3.05, 3.63) is 78.0 Å². The molecule has 156 valence electrons. The van der Waals surface area contributed by atoms with Crippen LogP contribution in [0.2, 0.25) is 0 Å². The van der Waals surface area contributed by atoms with Crippen LogP contribution < -0.4 is 0 Å². The molecule has 1 aliphatic rings. The van der Waals surface area contributed by atoms with Gasteiger partial charge in [0.25, 0.3) is 0 Å². The number of rotatable bonds is 6.